The molecule has 1 atom stereocenters. The summed E-state index contributed by atoms with van der Waals surface area (Å²) in [6.07, 6.45) is -0.441. The van der Waals surface area contributed by atoms with Crippen LogP contribution < -0.4 is 21.5 Å². The van der Waals surface area contributed by atoms with Gasteiger partial charge in [0.25, 0.3) is 10.1 Å². The number of alkyl carbamates (subject to hydrolysis) is 1. The zero-order valence-corrected chi connectivity index (χ0v) is 23.5. The molecule has 0 saturated carbocycles. The Morgan fingerprint density at radius 3 is 2.02 bits per heavy atom. The minimum atomic E-state index is -4.02. The van der Waals surface area contributed by atoms with Crippen LogP contribution in [0.1, 0.15) is 31.9 Å². The highest BCUT2D eigenvalue weighted by molar-refractivity contribution is 7.85. The summed E-state index contributed by atoms with van der Waals surface area (Å²) < 4.78 is 40.2. The number of aryl methyl sites for hydroxylation is 1. The van der Waals surface area contributed by atoms with Crippen LogP contribution in [0.5, 0.6) is 5.75 Å². The summed E-state index contributed by atoms with van der Waals surface area (Å²) in [7, 11) is -4.02. The van der Waals surface area contributed by atoms with Gasteiger partial charge in [0.15, 0.2) is 5.96 Å². The van der Waals surface area contributed by atoms with Crippen LogP contribution in [0.2, 0.25) is 0 Å². The van der Waals surface area contributed by atoms with Crippen LogP contribution in [-0.2, 0) is 26.1 Å². The third-order valence-electron chi connectivity index (χ3n) is 4.89. The molecule has 0 aliphatic heterocycles. The molecule has 0 unspecified atom stereocenters. The Kier molecular flexibility index (Phi) is 11.2. The van der Waals surface area contributed by atoms with Gasteiger partial charge in [-0.3, -0.25) is 4.55 Å². The third kappa shape index (κ3) is 12.0. The van der Waals surface area contributed by atoms with Gasteiger partial charge in [0, 0.05) is 6.42 Å². The van der Waals surface area contributed by atoms with Gasteiger partial charge in [0.1, 0.15) is 17.4 Å². The first kappa shape index (κ1) is 31.8. The molecule has 40 heavy (non-hydrogen) atoms. The van der Waals surface area contributed by atoms with E-state index in [4.69, 9.17) is 25.5 Å². The standard InChI is InChI=1S/C21H26N4O4.C7H8O3S/c1-21(2,3)29-20(27)25-17(13-14-7-5-4-6-8-14)18(26)28-16-11-9-15(10-12-16)24-19(22)23;1-6-2-4-7(5-3-6)11(8,9)10/h4-12,17H,13H2,1-3H3,(H,25,27)(H4,22,23,24);2-5H,1H3,(H,8,9,10)/t17-;/m1./s1. The molecule has 1 amide bonds. The number of nitrogens with one attached hydrogen (secondary N) is 1. The Labute approximate surface area is 234 Å². The number of esters is 1. The van der Waals surface area contributed by atoms with Gasteiger partial charge < -0.3 is 26.3 Å². The first-order valence-electron chi connectivity index (χ1n) is 12.1. The number of aliphatic imine (C=N–C) groups is 1. The summed E-state index contributed by atoms with van der Waals surface area (Å²) >= 11 is 0. The van der Waals surface area contributed by atoms with Crippen molar-refractivity contribution in [1.82, 2.24) is 5.32 Å². The molecule has 0 aromatic heterocycles. The van der Waals surface area contributed by atoms with Crippen molar-refractivity contribution in [2.45, 2.75) is 50.7 Å². The van der Waals surface area contributed by atoms with Crippen molar-refractivity contribution in [3.05, 3.63) is 90.0 Å². The third-order valence-corrected chi connectivity index (χ3v) is 5.76. The van der Waals surface area contributed by atoms with Gasteiger partial charge in [-0.15, -0.1) is 0 Å². The van der Waals surface area contributed by atoms with Crippen LogP contribution in [0.25, 0.3) is 0 Å². The second-order valence-corrected chi connectivity index (χ2v) is 11.0. The number of amides is 1. The second-order valence-electron chi connectivity index (χ2n) is 9.63. The van der Waals surface area contributed by atoms with Gasteiger partial charge in [0.05, 0.1) is 10.6 Å². The van der Waals surface area contributed by atoms with Crippen molar-refractivity contribution in [2.24, 2.45) is 16.5 Å². The number of carbonyl (C=O) groups excluding carboxylic acids is 2. The number of rotatable bonds is 7. The van der Waals surface area contributed by atoms with Crippen molar-refractivity contribution in [3.63, 3.8) is 0 Å². The first-order chi connectivity index (χ1) is 18.6. The Morgan fingerprint density at radius 1 is 0.950 bits per heavy atom. The lowest BCUT2D eigenvalue weighted by atomic mass is 10.1. The maximum Gasteiger partial charge on any atom is 0.408 e. The Morgan fingerprint density at radius 2 is 1.52 bits per heavy atom. The summed E-state index contributed by atoms with van der Waals surface area (Å²) in [5, 5.41) is 2.59. The fourth-order valence-electron chi connectivity index (χ4n) is 3.13. The average molecular weight is 571 g/mol. The number of nitrogens with zero attached hydrogens (tertiary/aromatic N) is 1. The fourth-order valence-corrected chi connectivity index (χ4v) is 3.61. The fraction of sp³-hybridized carbons (Fsp3) is 0.250. The molecule has 6 N–H and O–H groups in total. The van der Waals surface area contributed by atoms with E-state index in [2.05, 4.69) is 10.3 Å². The molecule has 0 bridgehead atoms. The number of nitrogens with two attached hydrogens (primary N) is 2. The maximum atomic E-state index is 12.7. The van der Waals surface area contributed by atoms with Gasteiger partial charge in [-0.1, -0.05) is 48.0 Å². The van der Waals surface area contributed by atoms with E-state index in [1.165, 1.54) is 12.1 Å². The topological polar surface area (TPSA) is 183 Å². The van der Waals surface area contributed by atoms with Crippen LogP contribution in [0.3, 0.4) is 0 Å². The van der Waals surface area contributed by atoms with Crippen molar-refractivity contribution in [1.29, 1.82) is 0 Å². The number of hydrogen-bond acceptors (Lipinski definition) is 7. The Balaban J connectivity index is 0.000000425. The monoisotopic (exact) mass is 570 g/mol. The largest absolute Gasteiger partial charge is 0.444 e. The van der Waals surface area contributed by atoms with Crippen molar-refractivity contribution < 1.29 is 32.0 Å². The highest BCUT2D eigenvalue weighted by Crippen LogP contribution is 2.19. The van der Waals surface area contributed by atoms with Gasteiger partial charge in [0.2, 0.25) is 0 Å². The molecule has 0 spiro atoms. The molecular weight excluding hydrogens is 536 g/mol. The Hall–Kier alpha value is -4.42. The zero-order valence-electron chi connectivity index (χ0n) is 22.7. The number of benzene rings is 3. The molecule has 0 saturated heterocycles. The molecule has 0 aliphatic carbocycles. The van der Waals surface area contributed by atoms with Crippen LogP contribution >= 0.6 is 0 Å². The molecule has 0 aliphatic rings. The lowest BCUT2D eigenvalue weighted by molar-refractivity contribution is -0.136. The minimum absolute atomic E-state index is 0.0666. The molecule has 0 fully saturated rings. The molecule has 3 aromatic rings. The molecule has 0 radical (unpaired) electrons. The summed E-state index contributed by atoms with van der Waals surface area (Å²) in [6, 6.07) is 20.7. The van der Waals surface area contributed by atoms with E-state index >= 15 is 0 Å². The van der Waals surface area contributed by atoms with E-state index in [9.17, 15) is 18.0 Å². The summed E-state index contributed by atoms with van der Waals surface area (Å²) in [4.78, 5) is 28.7. The predicted octanol–water partition coefficient (Wildman–Crippen LogP) is 3.87. The normalized spacial score (nSPS) is 11.7. The van der Waals surface area contributed by atoms with Crippen LogP contribution in [0.4, 0.5) is 10.5 Å². The highest BCUT2D eigenvalue weighted by atomic mass is 32.2. The average Bonchev–Trinajstić information content (AvgIpc) is 2.84. The van der Waals surface area contributed by atoms with Crippen molar-refractivity contribution >= 4 is 33.8 Å². The number of ether oxygens (including phenoxy) is 2. The lowest BCUT2D eigenvalue weighted by Crippen LogP contribution is -2.46. The lowest BCUT2D eigenvalue weighted by Gasteiger charge is -2.23. The molecule has 0 heterocycles. The molecule has 11 nitrogen and oxygen atoms in total. The summed E-state index contributed by atoms with van der Waals surface area (Å²) in [5.41, 5.74) is 12.3. The molecule has 12 heteroatoms. The number of carbonyl (C=O) groups is 2. The van der Waals surface area contributed by atoms with E-state index in [0.29, 0.717) is 11.4 Å². The molecular formula is C28H34N4O7S. The van der Waals surface area contributed by atoms with E-state index < -0.39 is 33.8 Å². The van der Waals surface area contributed by atoms with Crippen LogP contribution in [0, 0.1) is 6.92 Å². The molecule has 214 valence electrons. The van der Waals surface area contributed by atoms with Crippen LogP contribution in [-0.4, -0.2) is 42.6 Å². The van der Waals surface area contributed by atoms with E-state index in [-0.39, 0.29) is 17.3 Å². The quantitative estimate of drug-likeness (QED) is 0.108. The smallest absolute Gasteiger partial charge is 0.408 e. The predicted molar refractivity (Wildman–Crippen MR) is 152 cm³/mol. The van der Waals surface area contributed by atoms with Gasteiger partial charge in [-0.2, -0.15) is 8.42 Å². The van der Waals surface area contributed by atoms with Crippen molar-refractivity contribution in [3.8, 4) is 5.75 Å². The molecule has 3 aromatic carbocycles. The summed E-state index contributed by atoms with van der Waals surface area (Å²) in [6.45, 7) is 7.08. The second kappa shape index (κ2) is 14.1. The number of guanidine groups is 1. The SMILES string of the molecule is CC(C)(C)OC(=O)N[C@H](Cc1ccccc1)C(=O)Oc1ccc(N=C(N)N)cc1.Cc1ccc(S(=O)(=O)O)cc1. The maximum absolute atomic E-state index is 12.7. The van der Waals surface area contributed by atoms with Crippen LogP contribution in [0.15, 0.2) is 88.8 Å². The zero-order chi connectivity index (χ0) is 29.9. The van der Waals surface area contributed by atoms with Gasteiger partial charge >= 0.3 is 12.1 Å². The first-order valence-corrected chi connectivity index (χ1v) is 13.6. The minimum Gasteiger partial charge on any atom is -0.444 e. The van der Waals surface area contributed by atoms with Crippen molar-refractivity contribution in [2.75, 3.05) is 0 Å². The molecule has 3 rings (SSSR count). The highest BCUT2D eigenvalue weighted by Gasteiger charge is 2.26. The van der Waals surface area contributed by atoms with Gasteiger partial charge in [-0.25, -0.2) is 14.6 Å². The van der Waals surface area contributed by atoms with E-state index in [1.54, 1.807) is 57.2 Å². The van der Waals surface area contributed by atoms with E-state index in [0.717, 1.165) is 11.1 Å². The van der Waals surface area contributed by atoms with Gasteiger partial charge in [-0.05, 0) is 69.7 Å². The Bertz CT molecular complexity index is 1400. The number of hydrogen-bond donors (Lipinski definition) is 4. The van der Waals surface area contributed by atoms with E-state index in [1.807, 2.05) is 37.3 Å². The summed E-state index contributed by atoms with van der Waals surface area (Å²) in [5.74, 6) is -0.387.